The van der Waals surface area contributed by atoms with Crippen LogP contribution in [0.4, 0.5) is 5.82 Å². The maximum atomic E-state index is 13.2. The van der Waals surface area contributed by atoms with Gasteiger partial charge in [-0.15, -0.1) is 0 Å². The van der Waals surface area contributed by atoms with Crippen LogP contribution in [0.1, 0.15) is 60.9 Å². The van der Waals surface area contributed by atoms with Crippen LogP contribution in [0.2, 0.25) is 0 Å². The summed E-state index contributed by atoms with van der Waals surface area (Å²) in [5.41, 5.74) is 1.96. The van der Waals surface area contributed by atoms with E-state index in [1.807, 2.05) is 12.1 Å². The molecular weight excluding hydrogens is 356 g/mol. The van der Waals surface area contributed by atoms with E-state index in [1.165, 1.54) is 30.9 Å². The third-order valence-electron chi connectivity index (χ3n) is 5.50. The molecule has 1 aromatic carbocycles. The van der Waals surface area contributed by atoms with Gasteiger partial charge in [0.15, 0.2) is 0 Å². The number of nitrogens with zero attached hydrogens (tertiary/aromatic N) is 1. The number of fused-ring (bicyclic) bond motifs is 2. The zero-order chi connectivity index (χ0) is 19.7. The first kappa shape index (κ1) is 18.5. The minimum Gasteiger partial charge on any atom is -0.462 e. The molecule has 6 nitrogen and oxygen atoms in total. The molecule has 1 aliphatic carbocycles. The second-order valence-electron chi connectivity index (χ2n) is 7.23. The van der Waals surface area contributed by atoms with E-state index in [4.69, 9.17) is 9.15 Å². The summed E-state index contributed by atoms with van der Waals surface area (Å²) in [5, 5.41) is 3.69. The molecule has 1 N–H and O–H groups in total. The lowest BCUT2D eigenvalue weighted by molar-refractivity contribution is 0.0527. The van der Waals surface area contributed by atoms with Crippen molar-refractivity contribution in [3.05, 3.63) is 45.6 Å². The van der Waals surface area contributed by atoms with Crippen LogP contribution in [0.25, 0.3) is 22.1 Å². The number of carbonyl (C=O) groups is 1. The molecule has 1 fully saturated rings. The predicted octanol–water partition coefficient (Wildman–Crippen LogP) is 4.61. The Kier molecular flexibility index (Phi) is 5.03. The van der Waals surface area contributed by atoms with E-state index >= 15 is 0 Å². The summed E-state index contributed by atoms with van der Waals surface area (Å²) in [6.45, 7) is 1.98. The average molecular weight is 380 g/mol. The molecule has 2 heterocycles. The van der Waals surface area contributed by atoms with Gasteiger partial charge in [0, 0.05) is 7.05 Å². The molecule has 2 aromatic heterocycles. The summed E-state index contributed by atoms with van der Waals surface area (Å²) >= 11 is 0. The van der Waals surface area contributed by atoms with Crippen LogP contribution < -0.4 is 10.7 Å². The van der Waals surface area contributed by atoms with Crippen molar-refractivity contribution >= 4 is 33.9 Å². The van der Waals surface area contributed by atoms with Crippen LogP contribution in [0, 0.1) is 0 Å². The van der Waals surface area contributed by atoms with Crippen molar-refractivity contribution in [2.45, 2.75) is 44.9 Å². The molecule has 1 saturated carbocycles. The van der Waals surface area contributed by atoms with Crippen molar-refractivity contribution in [2.75, 3.05) is 19.0 Å². The standard InChI is InChI=1S/C22H24N2O4/c1-3-27-22(26)17-12-16-19(25)15-11-14(13-7-5-4-6-8-13)9-10-18(15)28-21(16)24-20(17)23-2/h9-13H,3-8H2,1-2H3,(H,23,24). The summed E-state index contributed by atoms with van der Waals surface area (Å²) in [5.74, 6) is 0.303. The number of hydrogen-bond donors (Lipinski definition) is 1. The molecule has 0 saturated heterocycles. The van der Waals surface area contributed by atoms with Gasteiger partial charge in [-0.05, 0) is 49.4 Å². The molecular formula is C22H24N2O4. The van der Waals surface area contributed by atoms with E-state index in [0.717, 1.165) is 12.8 Å². The number of esters is 1. The minimum atomic E-state index is -0.517. The number of anilines is 1. The number of carbonyl (C=O) groups excluding carboxylic acids is 1. The van der Waals surface area contributed by atoms with Gasteiger partial charge in [0.2, 0.25) is 11.1 Å². The molecule has 3 aromatic rings. The van der Waals surface area contributed by atoms with Gasteiger partial charge in [-0.2, -0.15) is 4.98 Å². The van der Waals surface area contributed by atoms with Gasteiger partial charge < -0.3 is 14.5 Å². The number of rotatable bonds is 4. The van der Waals surface area contributed by atoms with Gasteiger partial charge in [0.25, 0.3) is 0 Å². The predicted molar refractivity (Wildman–Crippen MR) is 109 cm³/mol. The van der Waals surface area contributed by atoms with Gasteiger partial charge in [-0.25, -0.2) is 4.79 Å². The number of pyridine rings is 1. The van der Waals surface area contributed by atoms with Crippen LogP contribution in [0.5, 0.6) is 0 Å². The van der Waals surface area contributed by atoms with Crippen molar-refractivity contribution < 1.29 is 13.9 Å². The first-order chi connectivity index (χ1) is 13.6. The van der Waals surface area contributed by atoms with E-state index in [1.54, 1.807) is 14.0 Å². The Labute approximate surface area is 162 Å². The Morgan fingerprint density at radius 3 is 2.71 bits per heavy atom. The molecule has 0 atom stereocenters. The van der Waals surface area contributed by atoms with E-state index < -0.39 is 5.97 Å². The van der Waals surface area contributed by atoms with Crippen molar-refractivity contribution in [1.82, 2.24) is 4.98 Å². The lowest BCUT2D eigenvalue weighted by Gasteiger charge is -2.22. The van der Waals surface area contributed by atoms with Crippen LogP contribution >= 0.6 is 0 Å². The Balaban J connectivity index is 1.89. The van der Waals surface area contributed by atoms with Crippen LogP contribution in [0.3, 0.4) is 0 Å². The van der Waals surface area contributed by atoms with E-state index in [0.29, 0.717) is 22.7 Å². The van der Waals surface area contributed by atoms with E-state index in [9.17, 15) is 9.59 Å². The quantitative estimate of drug-likeness (QED) is 0.526. The van der Waals surface area contributed by atoms with E-state index in [-0.39, 0.29) is 28.7 Å². The summed E-state index contributed by atoms with van der Waals surface area (Å²) in [7, 11) is 1.66. The maximum absolute atomic E-state index is 13.2. The van der Waals surface area contributed by atoms with Crippen molar-refractivity contribution in [1.29, 1.82) is 0 Å². The number of aromatic nitrogens is 1. The van der Waals surface area contributed by atoms with Crippen LogP contribution in [-0.4, -0.2) is 24.6 Å². The lowest BCUT2D eigenvalue weighted by Crippen LogP contribution is -2.12. The Hall–Kier alpha value is -2.89. The average Bonchev–Trinajstić information content (AvgIpc) is 2.73. The van der Waals surface area contributed by atoms with Crippen molar-refractivity contribution in [3.8, 4) is 0 Å². The van der Waals surface area contributed by atoms with Gasteiger partial charge in [0.05, 0.1) is 17.4 Å². The Morgan fingerprint density at radius 1 is 1.21 bits per heavy atom. The monoisotopic (exact) mass is 380 g/mol. The fraction of sp³-hybridized carbons (Fsp3) is 0.409. The molecule has 146 valence electrons. The normalized spacial score (nSPS) is 15.1. The summed E-state index contributed by atoms with van der Waals surface area (Å²) in [6.07, 6.45) is 6.06. The third-order valence-corrected chi connectivity index (χ3v) is 5.50. The molecule has 0 spiro atoms. The van der Waals surface area contributed by atoms with Crippen LogP contribution in [-0.2, 0) is 4.74 Å². The molecule has 0 aliphatic heterocycles. The lowest BCUT2D eigenvalue weighted by atomic mass is 9.84. The smallest absolute Gasteiger partial charge is 0.341 e. The summed E-state index contributed by atoms with van der Waals surface area (Å²) in [4.78, 5) is 29.8. The summed E-state index contributed by atoms with van der Waals surface area (Å²) in [6, 6.07) is 7.39. The second-order valence-corrected chi connectivity index (χ2v) is 7.23. The molecule has 0 radical (unpaired) electrons. The van der Waals surface area contributed by atoms with Gasteiger partial charge in [-0.3, -0.25) is 4.79 Å². The van der Waals surface area contributed by atoms with Crippen molar-refractivity contribution in [3.63, 3.8) is 0 Å². The highest BCUT2D eigenvalue weighted by molar-refractivity contribution is 5.99. The van der Waals surface area contributed by atoms with Crippen molar-refractivity contribution in [2.24, 2.45) is 0 Å². The van der Waals surface area contributed by atoms with Gasteiger partial charge in [0.1, 0.15) is 17.0 Å². The molecule has 28 heavy (non-hydrogen) atoms. The SMILES string of the molecule is CCOC(=O)c1cc2c(=O)c3cc(C4CCCCC4)ccc3oc2nc1NC. The number of nitrogens with one attached hydrogen (secondary N) is 1. The zero-order valence-electron chi connectivity index (χ0n) is 16.2. The van der Waals surface area contributed by atoms with Gasteiger partial charge >= 0.3 is 5.97 Å². The Morgan fingerprint density at radius 2 is 2.00 bits per heavy atom. The molecule has 6 heteroatoms. The molecule has 0 bridgehead atoms. The molecule has 1 aliphatic rings. The Bertz CT molecular complexity index is 1100. The first-order valence-electron chi connectivity index (χ1n) is 9.88. The second kappa shape index (κ2) is 7.62. The fourth-order valence-corrected chi connectivity index (χ4v) is 4.05. The third kappa shape index (κ3) is 3.23. The summed E-state index contributed by atoms with van der Waals surface area (Å²) < 4.78 is 11.0. The fourth-order valence-electron chi connectivity index (χ4n) is 4.05. The van der Waals surface area contributed by atoms with Gasteiger partial charge in [-0.1, -0.05) is 25.3 Å². The highest BCUT2D eigenvalue weighted by atomic mass is 16.5. The number of ether oxygens (including phenoxy) is 1. The molecule has 0 unspecified atom stereocenters. The number of benzene rings is 1. The largest absolute Gasteiger partial charge is 0.462 e. The molecule has 0 amide bonds. The number of hydrogen-bond acceptors (Lipinski definition) is 6. The minimum absolute atomic E-state index is 0.172. The highest BCUT2D eigenvalue weighted by Gasteiger charge is 2.20. The highest BCUT2D eigenvalue weighted by Crippen LogP contribution is 2.34. The van der Waals surface area contributed by atoms with Crippen LogP contribution in [0.15, 0.2) is 33.5 Å². The molecule has 4 rings (SSSR count). The topological polar surface area (TPSA) is 81.4 Å². The zero-order valence-corrected chi connectivity index (χ0v) is 16.2. The van der Waals surface area contributed by atoms with E-state index in [2.05, 4.69) is 16.4 Å². The maximum Gasteiger partial charge on any atom is 0.341 e. The first-order valence-corrected chi connectivity index (χ1v) is 9.88.